The first-order chi connectivity index (χ1) is 9.80. The predicted octanol–water partition coefficient (Wildman–Crippen LogP) is 2.94. The zero-order valence-corrected chi connectivity index (χ0v) is 12.4. The second-order valence-electron chi connectivity index (χ2n) is 4.62. The number of halogens is 4. The third-order valence-electron chi connectivity index (χ3n) is 3.19. The van der Waals surface area contributed by atoms with E-state index >= 15 is 0 Å². The third kappa shape index (κ3) is 3.55. The van der Waals surface area contributed by atoms with Crippen LogP contribution in [0.3, 0.4) is 0 Å². The number of rotatable bonds is 2. The first-order valence-corrected chi connectivity index (χ1v) is 7.03. The minimum absolute atomic E-state index is 0.0631. The van der Waals surface area contributed by atoms with Crippen LogP contribution in [0, 0.1) is 0 Å². The van der Waals surface area contributed by atoms with Crippen molar-refractivity contribution < 1.29 is 22.8 Å². The number of para-hydroxylation sites is 1. The minimum atomic E-state index is -4.96. The second kappa shape index (κ2) is 6.05. The number of benzene rings is 1. The number of anilines is 1. The van der Waals surface area contributed by atoms with Crippen molar-refractivity contribution in [3.63, 3.8) is 0 Å². The van der Waals surface area contributed by atoms with Crippen LogP contribution in [-0.4, -0.2) is 35.5 Å². The van der Waals surface area contributed by atoms with Crippen molar-refractivity contribution >= 4 is 33.4 Å². The zero-order chi connectivity index (χ0) is 15.6. The van der Waals surface area contributed by atoms with E-state index in [0.29, 0.717) is 21.5 Å². The smallest absolute Gasteiger partial charge is 0.323 e. The number of hydrogen-bond acceptors (Lipinski definition) is 2. The van der Waals surface area contributed by atoms with Gasteiger partial charge in [0.2, 0.25) is 5.91 Å². The molecule has 2 amide bonds. The van der Waals surface area contributed by atoms with Gasteiger partial charge in [-0.1, -0.05) is 12.1 Å². The van der Waals surface area contributed by atoms with E-state index in [0.717, 1.165) is 0 Å². The van der Waals surface area contributed by atoms with E-state index in [-0.39, 0.29) is 13.0 Å². The maximum Gasteiger partial charge on any atom is 0.471 e. The fraction of sp³-hybridized carbons (Fsp3) is 0.385. The SMILES string of the molecule is O=C(Nc1ccccc1Br)C1CCCN1C(=O)C(F)(F)F. The lowest BCUT2D eigenvalue weighted by Crippen LogP contribution is -2.48. The Kier molecular flexibility index (Phi) is 4.55. The average molecular weight is 365 g/mol. The van der Waals surface area contributed by atoms with Crippen molar-refractivity contribution in [2.24, 2.45) is 0 Å². The van der Waals surface area contributed by atoms with Crippen LogP contribution in [0.1, 0.15) is 12.8 Å². The van der Waals surface area contributed by atoms with Crippen LogP contribution in [0.2, 0.25) is 0 Å². The highest BCUT2D eigenvalue weighted by molar-refractivity contribution is 9.10. The molecule has 1 aromatic carbocycles. The molecule has 4 nitrogen and oxygen atoms in total. The first kappa shape index (κ1) is 15.8. The molecule has 1 atom stereocenters. The molecule has 1 fully saturated rings. The molecule has 0 saturated carbocycles. The van der Waals surface area contributed by atoms with E-state index in [1.54, 1.807) is 24.3 Å². The Morgan fingerprint density at radius 1 is 1.29 bits per heavy atom. The van der Waals surface area contributed by atoms with E-state index in [1.165, 1.54) is 0 Å². The van der Waals surface area contributed by atoms with Gasteiger partial charge in [0.15, 0.2) is 0 Å². The molecular formula is C13H12BrF3N2O2. The Morgan fingerprint density at radius 3 is 2.57 bits per heavy atom. The lowest BCUT2D eigenvalue weighted by molar-refractivity contribution is -0.186. The van der Waals surface area contributed by atoms with Crippen molar-refractivity contribution in [1.29, 1.82) is 0 Å². The first-order valence-electron chi connectivity index (χ1n) is 6.24. The molecule has 1 unspecified atom stereocenters. The molecule has 0 aromatic heterocycles. The third-order valence-corrected chi connectivity index (χ3v) is 3.88. The zero-order valence-electron chi connectivity index (χ0n) is 10.8. The van der Waals surface area contributed by atoms with Crippen molar-refractivity contribution in [2.75, 3.05) is 11.9 Å². The molecule has 1 aliphatic rings. The Labute approximate surface area is 127 Å². The van der Waals surface area contributed by atoms with Crippen LogP contribution in [0.15, 0.2) is 28.7 Å². The van der Waals surface area contributed by atoms with E-state index in [1.807, 2.05) is 0 Å². The van der Waals surface area contributed by atoms with Gasteiger partial charge in [0.05, 0.1) is 5.69 Å². The number of nitrogens with zero attached hydrogens (tertiary/aromatic N) is 1. The molecule has 1 aromatic rings. The molecule has 0 aliphatic carbocycles. The van der Waals surface area contributed by atoms with Crippen molar-refractivity contribution in [2.45, 2.75) is 25.1 Å². The number of carbonyl (C=O) groups excluding carboxylic acids is 2. The number of likely N-dealkylation sites (tertiary alicyclic amines) is 1. The summed E-state index contributed by atoms with van der Waals surface area (Å²) in [5.41, 5.74) is 0.453. The molecule has 21 heavy (non-hydrogen) atoms. The van der Waals surface area contributed by atoms with Gasteiger partial charge in [-0.3, -0.25) is 9.59 Å². The molecule has 0 radical (unpaired) electrons. The standard InChI is InChI=1S/C13H12BrF3N2O2/c14-8-4-1-2-5-9(8)18-11(20)10-6-3-7-19(10)12(21)13(15,16)17/h1-2,4-5,10H,3,6-7H2,(H,18,20). The van der Waals surface area contributed by atoms with Gasteiger partial charge >= 0.3 is 12.1 Å². The van der Waals surface area contributed by atoms with Gasteiger partial charge in [-0.15, -0.1) is 0 Å². The van der Waals surface area contributed by atoms with Crippen molar-refractivity contribution in [3.8, 4) is 0 Å². The van der Waals surface area contributed by atoms with E-state index < -0.39 is 24.0 Å². The Bertz CT molecular complexity index is 563. The van der Waals surface area contributed by atoms with Crippen LogP contribution in [0.4, 0.5) is 18.9 Å². The van der Waals surface area contributed by atoms with E-state index in [2.05, 4.69) is 21.2 Å². The monoisotopic (exact) mass is 364 g/mol. The maximum atomic E-state index is 12.5. The molecule has 2 rings (SSSR count). The van der Waals surface area contributed by atoms with Gasteiger partial charge in [-0.05, 0) is 40.9 Å². The highest BCUT2D eigenvalue weighted by Gasteiger charge is 2.47. The number of amides is 2. The molecule has 1 saturated heterocycles. The summed E-state index contributed by atoms with van der Waals surface area (Å²) < 4.78 is 38.1. The Hall–Kier alpha value is -1.57. The van der Waals surface area contributed by atoms with Crippen molar-refractivity contribution in [3.05, 3.63) is 28.7 Å². The van der Waals surface area contributed by atoms with Gasteiger partial charge in [0.25, 0.3) is 0 Å². The van der Waals surface area contributed by atoms with Crippen LogP contribution >= 0.6 is 15.9 Å². The number of carbonyl (C=O) groups is 2. The van der Waals surface area contributed by atoms with Crippen LogP contribution in [-0.2, 0) is 9.59 Å². The number of hydrogen-bond donors (Lipinski definition) is 1. The largest absolute Gasteiger partial charge is 0.471 e. The highest BCUT2D eigenvalue weighted by Crippen LogP contribution is 2.27. The lowest BCUT2D eigenvalue weighted by Gasteiger charge is -2.24. The topological polar surface area (TPSA) is 49.4 Å². The number of alkyl halides is 3. The molecule has 0 bridgehead atoms. The minimum Gasteiger partial charge on any atom is -0.323 e. The fourth-order valence-electron chi connectivity index (χ4n) is 2.22. The quantitative estimate of drug-likeness (QED) is 0.876. The average Bonchev–Trinajstić information content (AvgIpc) is 2.88. The Morgan fingerprint density at radius 2 is 1.95 bits per heavy atom. The maximum absolute atomic E-state index is 12.5. The normalized spacial score (nSPS) is 18.7. The van der Waals surface area contributed by atoms with E-state index in [9.17, 15) is 22.8 Å². The molecule has 1 heterocycles. The van der Waals surface area contributed by atoms with Gasteiger partial charge in [0.1, 0.15) is 6.04 Å². The summed E-state index contributed by atoms with van der Waals surface area (Å²) in [6.07, 6.45) is -4.37. The van der Waals surface area contributed by atoms with Crippen LogP contribution < -0.4 is 5.32 Å². The second-order valence-corrected chi connectivity index (χ2v) is 5.48. The predicted molar refractivity (Wildman–Crippen MR) is 73.6 cm³/mol. The van der Waals surface area contributed by atoms with Gasteiger partial charge in [-0.2, -0.15) is 13.2 Å². The summed E-state index contributed by atoms with van der Waals surface area (Å²) in [7, 11) is 0. The van der Waals surface area contributed by atoms with Gasteiger partial charge in [0, 0.05) is 11.0 Å². The summed E-state index contributed by atoms with van der Waals surface area (Å²) >= 11 is 3.23. The van der Waals surface area contributed by atoms with Crippen molar-refractivity contribution in [1.82, 2.24) is 4.90 Å². The summed E-state index contributed by atoms with van der Waals surface area (Å²) in [5.74, 6) is -2.58. The summed E-state index contributed by atoms with van der Waals surface area (Å²) in [6.45, 7) is -0.0631. The molecule has 8 heteroatoms. The van der Waals surface area contributed by atoms with E-state index in [4.69, 9.17) is 0 Å². The summed E-state index contributed by atoms with van der Waals surface area (Å²) in [6, 6.07) is 5.66. The lowest BCUT2D eigenvalue weighted by atomic mass is 10.2. The summed E-state index contributed by atoms with van der Waals surface area (Å²) in [5, 5.41) is 2.54. The van der Waals surface area contributed by atoms with Gasteiger partial charge in [-0.25, -0.2) is 0 Å². The van der Waals surface area contributed by atoms with Crippen LogP contribution in [0.5, 0.6) is 0 Å². The van der Waals surface area contributed by atoms with Gasteiger partial charge < -0.3 is 10.2 Å². The Balaban J connectivity index is 2.12. The molecule has 1 N–H and O–H groups in total. The summed E-state index contributed by atoms with van der Waals surface area (Å²) in [4.78, 5) is 24.0. The highest BCUT2D eigenvalue weighted by atomic mass is 79.9. The fourth-order valence-corrected chi connectivity index (χ4v) is 2.61. The molecular weight excluding hydrogens is 353 g/mol. The number of nitrogens with one attached hydrogen (secondary N) is 1. The molecule has 0 spiro atoms. The van der Waals surface area contributed by atoms with Crippen LogP contribution in [0.25, 0.3) is 0 Å². The molecule has 114 valence electrons. The molecule has 1 aliphatic heterocycles.